The Labute approximate surface area is 206 Å². The lowest BCUT2D eigenvalue weighted by molar-refractivity contribution is -0.167. The minimum absolute atomic E-state index is 0.0793. The van der Waals surface area contributed by atoms with Crippen molar-refractivity contribution in [3.8, 4) is 0 Å². The summed E-state index contributed by atoms with van der Waals surface area (Å²) in [6, 6.07) is 8.57. The van der Waals surface area contributed by atoms with E-state index in [0.717, 1.165) is 50.1 Å². The number of aliphatic carboxylic acids is 1. The Morgan fingerprint density at radius 1 is 0.943 bits per heavy atom. The predicted molar refractivity (Wildman–Crippen MR) is 130 cm³/mol. The summed E-state index contributed by atoms with van der Waals surface area (Å²) >= 11 is 0. The number of likely N-dealkylation sites (tertiary alicyclic amines) is 1. The molecule has 0 spiro atoms. The lowest BCUT2D eigenvalue weighted by Crippen LogP contribution is -2.69. The summed E-state index contributed by atoms with van der Waals surface area (Å²) in [5.74, 6) is -1.74. The van der Waals surface area contributed by atoms with Crippen LogP contribution in [0.25, 0.3) is 0 Å². The lowest BCUT2D eigenvalue weighted by atomic mass is 9.78. The number of carboxylic acid groups (broad SMARTS) is 1. The van der Waals surface area contributed by atoms with Gasteiger partial charge in [-0.3, -0.25) is 9.59 Å². The van der Waals surface area contributed by atoms with Crippen molar-refractivity contribution in [2.24, 2.45) is 11.8 Å². The second kappa shape index (κ2) is 11.7. The number of rotatable bonds is 8. The molecule has 0 bridgehead atoms. The number of piperazine rings is 1. The number of piperidine rings is 1. The van der Waals surface area contributed by atoms with E-state index in [0.29, 0.717) is 44.9 Å². The number of β-lactam (4-membered cyclic amide) rings is 1. The smallest absolute Gasteiger partial charge is 0.327 e. The molecule has 4 rings (SSSR count). The number of carbonyl (C=O) groups excluding carboxylic acids is 3. The maximum atomic E-state index is 13.0. The Morgan fingerprint density at radius 2 is 1.60 bits per heavy atom. The van der Waals surface area contributed by atoms with Gasteiger partial charge in [0.15, 0.2) is 6.04 Å². The van der Waals surface area contributed by atoms with Crippen LogP contribution in [0.5, 0.6) is 0 Å². The molecule has 3 fully saturated rings. The first kappa shape index (κ1) is 25.2. The summed E-state index contributed by atoms with van der Waals surface area (Å²) in [4.78, 5) is 54.5. The highest BCUT2D eigenvalue weighted by molar-refractivity contribution is 6.07. The second-order valence-corrected chi connectivity index (χ2v) is 9.87. The van der Waals surface area contributed by atoms with Gasteiger partial charge in [-0.2, -0.15) is 0 Å². The van der Waals surface area contributed by atoms with Crippen LogP contribution in [0.3, 0.4) is 0 Å². The van der Waals surface area contributed by atoms with Crippen molar-refractivity contribution in [1.82, 2.24) is 20.0 Å². The van der Waals surface area contributed by atoms with E-state index in [4.69, 9.17) is 0 Å². The normalized spacial score (nSPS) is 23.2. The highest BCUT2D eigenvalue weighted by atomic mass is 16.4. The van der Waals surface area contributed by atoms with Crippen LogP contribution in [0.1, 0.15) is 44.1 Å². The first-order chi connectivity index (χ1) is 17.0. The highest BCUT2D eigenvalue weighted by Gasteiger charge is 2.56. The van der Waals surface area contributed by atoms with Gasteiger partial charge in [-0.05, 0) is 63.1 Å². The van der Waals surface area contributed by atoms with Gasteiger partial charge >= 0.3 is 12.0 Å². The van der Waals surface area contributed by atoms with Crippen molar-refractivity contribution < 1.29 is 24.3 Å². The Kier molecular flexibility index (Phi) is 8.38. The van der Waals surface area contributed by atoms with E-state index in [1.165, 1.54) is 10.5 Å². The van der Waals surface area contributed by atoms with Gasteiger partial charge in [0.1, 0.15) is 0 Å². The summed E-state index contributed by atoms with van der Waals surface area (Å²) in [7, 11) is 0. The average molecular weight is 485 g/mol. The topological polar surface area (TPSA) is 110 Å². The first-order valence-corrected chi connectivity index (χ1v) is 12.8. The van der Waals surface area contributed by atoms with E-state index in [9.17, 15) is 24.3 Å². The van der Waals surface area contributed by atoms with E-state index in [-0.39, 0.29) is 11.8 Å². The fourth-order valence-corrected chi connectivity index (χ4v) is 5.46. The Morgan fingerprint density at radius 3 is 2.26 bits per heavy atom. The zero-order valence-corrected chi connectivity index (χ0v) is 20.2. The van der Waals surface area contributed by atoms with Crippen molar-refractivity contribution in [2.45, 2.75) is 51.0 Å². The first-order valence-electron chi connectivity index (χ1n) is 12.8. The molecule has 1 aromatic rings. The van der Waals surface area contributed by atoms with Crippen molar-refractivity contribution >= 4 is 23.8 Å². The molecule has 35 heavy (non-hydrogen) atoms. The number of carboxylic acids is 1. The number of aryl methyl sites for hydroxylation is 1. The quantitative estimate of drug-likeness (QED) is 0.431. The molecule has 0 radical (unpaired) electrons. The molecule has 2 atom stereocenters. The van der Waals surface area contributed by atoms with Gasteiger partial charge in [0.25, 0.3) is 0 Å². The number of hydrogen-bond donors (Lipinski definition) is 2. The summed E-state index contributed by atoms with van der Waals surface area (Å²) < 4.78 is 0. The van der Waals surface area contributed by atoms with E-state index in [1.807, 2.05) is 18.2 Å². The maximum Gasteiger partial charge on any atom is 0.327 e. The molecule has 9 heteroatoms. The largest absolute Gasteiger partial charge is 0.480 e. The van der Waals surface area contributed by atoms with E-state index in [2.05, 4.69) is 17.4 Å². The Balaban J connectivity index is 1.21. The van der Waals surface area contributed by atoms with Crippen LogP contribution in [0.15, 0.2) is 30.3 Å². The number of amides is 4. The number of urea groups is 1. The molecule has 0 aromatic heterocycles. The van der Waals surface area contributed by atoms with Gasteiger partial charge < -0.3 is 20.2 Å². The third-order valence-electron chi connectivity index (χ3n) is 7.57. The summed E-state index contributed by atoms with van der Waals surface area (Å²) in [6.45, 7) is 3.18. The number of benzene rings is 1. The number of imide groups is 1. The molecular weight excluding hydrogens is 448 g/mol. The second-order valence-electron chi connectivity index (χ2n) is 9.87. The van der Waals surface area contributed by atoms with Gasteiger partial charge in [0.05, 0.1) is 5.92 Å². The summed E-state index contributed by atoms with van der Waals surface area (Å²) in [6.07, 6.45) is 5.55. The monoisotopic (exact) mass is 484 g/mol. The van der Waals surface area contributed by atoms with Gasteiger partial charge in [0, 0.05) is 32.6 Å². The molecule has 1 aromatic carbocycles. The SMILES string of the molecule is O=C(O)[C@@H]1[C@@H](CC2CCNCC2)C(=O)N1C(=O)N1CCN(C(=O)CCCCc2ccccc2)CC1. The van der Waals surface area contributed by atoms with Gasteiger partial charge in [-0.1, -0.05) is 30.3 Å². The number of nitrogens with zero attached hydrogens (tertiary/aromatic N) is 3. The van der Waals surface area contributed by atoms with Crippen molar-refractivity contribution in [2.75, 3.05) is 39.3 Å². The molecule has 3 heterocycles. The van der Waals surface area contributed by atoms with Gasteiger partial charge in [-0.15, -0.1) is 0 Å². The predicted octanol–water partition coefficient (Wildman–Crippen LogP) is 1.96. The highest BCUT2D eigenvalue weighted by Crippen LogP contribution is 2.35. The molecule has 4 amide bonds. The molecular formula is C26H36N4O5. The summed E-state index contributed by atoms with van der Waals surface area (Å²) in [5.41, 5.74) is 1.27. The molecule has 3 aliphatic rings. The molecule has 9 nitrogen and oxygen atoms in total. The molecule has 2 N–H and O–H groups in total. The third kappa shape index (κ3) is 6.01. The Hall–Kier alpha value is -2.94. The van der Waals surface area contributed by atoms with Crippen LogP contribution in [0, 0.1) is 11.8 Å². The molecule has 3 aliphatic heterocycles. The van der Waals surface area contributed by atoms with Crippen LogP contribution < -0.4 is 5.32 Å². The summed E-state index contributed by atoms with van der Waals surface area (Å²) in [5, 5.41) is 13.0. The van der Waals surface area contributed by atoms with Gasteiger partial charge in [-0.25, -0.2) is 14.5 Å². The fraction of sp³-hybridized carbons (Fsp3) is 0.615. The van der Waals surface area contributed by atoms with E-state index < -0.39 is 24.0 Å². The van der Waals surface area contributed by atoms with Crippen LogP contribution in [-0.2, 0) is 20.8 Å². The fourth-order valence-electron chi connectivity index (χ4n) is 5.46. The van der Waals surface area contributed by atoms with Crippen LogP contribution in [-0.4, -0.2) is 88.9 Å². The van der Waals surface area contributed by atoms with Crippen molar-refractivity contribution in [1.29, 1.82) is 0 Å². The van der Waals surface area contributed by atoms with Crippen LogP contribution in [0.2, 0.25) is 0 Å². The molecule has 0 saturated carbocycles. The number of carbonyl (C=O) groups is 4. The lowest BCUT2D eigenvalue weighted by Gasteiger charge is -2.47. The minimum Gasteiger partial charge on any atom is -0.480 e. The zero-order chi connectivity index (χ0) is 24.8. The van der Waals surface area contributed by atoms with Crippen molar-refractivity contribution in [3.05, 3.63) is 35.9 Å². The zero-order valence-electron chi connectivity index (χ0n) is 20.2. The molecule has 0 unspecified atom stereocenters. The number of unbranched alkanes of at least 4 members (excludes halogenated alkanes) is 1. The minimum atomic E-state index is -1.12. The van der Waals surface area contributed by atoms with Gasteiger partial charge in [0.2, 0.25) is 11.8 Å². The van der Waals surface area contributed by atoms with E-state index in [1.54, 1.807) is 4.90 Å². The standard InChI is InChI=1S/C26H36N4O5/c31-22(9-5-4-8-19-6-2-1-3-7-19)28-14-16-29(17-15-28)26(35)30-23(25(33)34)21(24(30)32)18-20-10-12-27-13-11-20/h1-3,6-7,20-21,23,27H,4-5,8-18H2,(H,33,34)/t21-,23+/m1/s1. The van der Waals surface area contributed by atoms with Crippen LogP contribution >= 0.6 is 0 Å². The molecule has 3 saturated heterocycles. The molecule has 190 valence electrons. The Bertz CT molecular complexity index is 910. The number of nitrogens with one attached hydrogen (secondary N) is 1. The van der Waals surface area contributed by atoms with Crippen LogP contribution in [0.4, 0.5) is 4.79 Å². The third-order valence-corrected chi connectivity index (χ3v) is 7.57. The van der Waals surface area contributed by atoms with E-state index >= 15 is 0 Å². The molecule has 0 aliphatic carbocycles. The maximum absolute atomic E-state index is 13.0. The van der Waals surface area contributed by atoms with Crippen molar-refractivity contribution in [3.63, 3.8) is 0 Å². The average Bonchev–Trinajstić information content (AvgIpc) is 2.88. The number of hydrogen-bond acceptors (Lipinski definition) is 5.